The first kappa shape index (κ1) is 28.6. The van der Waals surface area contributed by atoms with Crippen LogP contribution in [0.1, 0.15) is 33.1 Å². The van der Waals surface area contributed by atoms with Crippen molar-refractivity contribution in [2.45, 2.75) is 57.4 Å². The van der Waals surface area contributed by atoms with Gasteiger partial charge in [-0.2, -0.15) is 13.2 Å². The topological polar surface area (TPSA) is 151 Å². The van der Waals surface area contributed by atoms with Gasteiger partial charge in [0.2, 0.25) is 23.6 Å². The number of halogens is 3. The highest BCUT2D eigenvalue weighted by atomic mass is 19.4. The fraction of sp³-hybridized carbons (Fsp3) is 0.654. The summed E-state index contributed by atoms with van der Waals surface area (Å²) >= 11 is 0. The summed E-state index contributed by atoms with van der Waals surface area (Å²) in [7, 11) is 0. The molecule has 4 rings (SSSR count). The number of hydrogen-bond donors (Lipinski definition) is 4. The number of hydrogen-bond acceptors (Lipinski definition) is 5. The molecule has 2 aliphatic heterocycles. The fourth-order valence-electron chi connectivity index (χ4n) is 6.50. The summed E-state index contributed by atoms with van der Waals surface area (Å²) in [5.74, 6) is -5.77. The number of nitrogens with two attached hydrogens (primary N) is 1. The number of amides is 5. The molecule has 2 aliphatic carbocycles. The highest BCUT2D eigenvalue weighted by molar-refractivity contribution is 5.96. The Morgan fingerprint density at radius 1 is 1.21 bits per heavy atom. The second-order valence-electron chi connectivity index (χ2n) is 11.5. The summed E-state index contributed by atoms with van der Waals surface area (Å²) in [5, 5.41) is 7.09. The molecular formula is C26H34F3N5O5. The molecule has 2 saturated heterocycles. The summed E-state index contributed by atoms with van der Waals surface area (Å²) in [6.07, 6.45) is 1.30. The number of rotatable bonds is 9. The van der Waals surface area contributed by atoms with Crippen molar-refractivity contribution in [3.8, 4) is 0 Å². The molecule has 0 spiro atoms. The summed E-state index contributed by atoms with van der Waals surface area (Å²) in [5.41, 5.74) is 4.25. The van der Waals surface area contributed by atoms with E-state index in [1.807, 2.05) is 17.5 Å². The van der Waals surface area contributed by atoms with Crippen molar-refractivity contribution >= 4 is 29.5 Å². The van der Waals surface area contributed by atoms with Gasteiger partial charge in [0.15, 0.2) is 0 Å². The van der Waals surface area contributed by atoms with E-state index in [1.54, 1.807) is 0 Å². The van der Waals surface area contributed by atoms with Gasteiger partial charge in [-0.3, -0.25) is 24.0 Å². The van der Waals surface area contributed by atoms with Gasteiger partial charge in [-0.1, -0.05) is 32.1 Å². The number of primary amides is 1. The first-order valence-electron chi connectivity index (χ1n) is 13.0. The molecule has 0 radical (unpaired) electrons. The molecule has 5 N–H and O–H groups in total. The van der Waals surface area contributed by atoms with E-state index in [9.17, 15) is 37.1 Å². The molecular weight excluding hydrogens is 519 g/mol. The third-order valence-electron chi connectivity index (χ3n) is 8.74. The maximum Gasteiger partial charge on any atom is 0.471 e. The zero-order valence-corrected chi connectivity index (χ0v) is 21.8. The molecule has 1 saturated carbocycles. The molecule has 13 heteroatoms. The Morgan fingerprint density at radius 3 is 2.44 bits per heavy atom. The number of carbonyl (C=O) groups is 5. The summed E-state index contributed by atoms with van der Waals surface area (Å²) in [6, 6.07) is -3.94. The van der Waals surface area contributed by atoms with Crippen molar-refractivity contribution in [1.29, 1.82) is 0 Å². The van der Waals surface area contributed by atoms with Gasteiger partial charge in [0.1, 0.15) is 18.1 Å². The van der Waals surface area contributed by atoms with Gasteiger partial charge in [-0.05, 0) is 42.9 Å². The molecule has 5 amide bonds. The second kappa shape index (κ2) is 10.3. The number of alkyl halides is 3. The van der Waals surface area contributed by atoms with Crippen LogP contribution in [0.3, 0.4) is 0 Å². The lowest BCUT2D eigenvalue weighted by molar-refractivity contribution is -0.176. The third-order valence-corrected chi connectivity index (χ3v) is 8.74. The lowest BCUT2D eigenvalue weighted by atomic mass is 9.81. The third kappa shape index (κ3) is 5.40. The predicted molar refractivity (Wildman–Crippen MR) is 132 cm³/mol. The highest BCUT2D eigenvalue weighted by Crippen LogP contribution is 2.54. The minimum atomic E-state index is -5.22. The molecule has 214 valence electrons. The Bertz CT molecular complexity index is 1110. The molecule has 0 aromatic carbocycles. The van der Waals surface area contributed by atoms with Gasteiger partial charge in [0, 0.05) is 24.4 Å². The minimum Gasteiger partial charge on any atom is -0.368 e. The van der Waals surface area contributed by atoms with Gasteiger partial charge >= 0.3 is 12.1 Å². The number of nitrogens with zero attached hydrogens (tertiary/aromatic N) is 1. The van der Waals surface area contributed by atoms with Crippen LogP contribution in [0.4, 0.5) is 13.2 Å². The first-order chi connectivity index (χ1) is 18.2. The second-order valence-corrected chi connectivity index (χ2v) is 11.5. The Balaban J connectivity index is 1.63. The lowest BCUT2D eigenvalue weighted by Gasteiger charge is -2.37. The van der Waals surface area contributed by atoms with Crippen LogP contribution in [0.5, 0.6) is 0 Å². The Morgan fingerprint density at radius 2 is 1.87 bits per heavy atom. The van der Waals surface area contributed by atoms with Crippen LogP contribution in [0, 0.1) is 35.0 Å². The maximum atomic E-state index is 13.9. The lowest BCUT2D eigenvalue weighted by Crippen LogP contribution is -2.61. The van der Waals surface area contributed by atoms with Crippen molar-refractivity contribution in [1.82, 2.24) is 20.9 Å². The highest BCUT2D eigenvalue weighted by Gasteiger charge is 2.59. The van der Waals surface area contributed by atoms with Gasteiger partial charge < -0.3 is 26.6 Å². The van der Waals surface area contributed by atoms with E-state index >= 15 is 0 Å². The van der Waals surface area contributed by atoms with Crippen molar-refractivity contribution in [2.75, 3.05) is 13.1 Å². The molecule has 39 heavy (non-hydrogen) atoms. The van der Waals surface area contributed by atoms with Gasteiger partial charge in [0.25, 0.3) is 0 Å². The van der Waals surface area contributed by atoms with E-state index in [2.05, 4.69) is 17.2 Å². The molecule has 0 aromatic rings. The molecule has 4 aliphatic rings. The van der Waals surface area contributed by atoms with Crippen molar-refractivity contribution in [2.24, 2.45) is 40.7 Å². The van der Waals surface area contributed by atoms with Crippen LogP contribution in [0.15, 0.2) is 24.8 Å². The average Bonchev–Trinajstić information content (AvgIpc) is 3.63. The van der Waals surface area contributed by atoms with Crippen LogP contribution in [0.2, 0.25) is 0 Å². The average molecular weight is 554 g/mol. The van der Waals surface area contributed by atoms with Crippen LogP contribution in [-0.4, -0.2) is 71.8 Å². The fourth-order valence-corrected chi connectivity index (χ4v) is 6.50. The molecule has 10 nitrogen and oxygen atoms in total. The first-order valence-corrected chi connectivity index (χ1v) is 13.0. The van der Waals surface area contributed by atoms with Crippen LogP contribution < -0.4 is 21.7 Å². The summed E-state index contributed by atoms with van der Waals surface area (Å²) < 4.78 is 39.5. The SMILES string of the molecule is C=CC(C)(C)[C@H](NC(=O)C(F)(F)F)C(=O)N1C[C@H]2[C@@H]([C@H]1C(=O)N[C@@H](C[C@@H]1CCNC1=O)C(N)=O)[C@H]1C=C[C@@H]2C1. The van der Waals surface area contributed by atoms with Crippen molar-refractivity contribution in [3.05, 3.63) is 24.8 Å². The summed E-state index contributed by atoms with van der Waals surface area (Å²) in [6.45, 7) is 7.09. The largest absolute Gasteiger partial charge is 0.471 e. The monoisotopic (exact) mass is 553 g/mol. The molecule has 0 unspecified atom stereocenters. The zero-order chi connectivity index (χ0) is 28.9. The van der Waals surface area contributed by atoms with E-state index in [-0.39, 0.29) is 42.5 Å². The molecule has 3 fully saturated rings. The van der Waals surface area contributed by atoms with Crippen molar-refractivity contribution in [3.63, 3.8) is 0 Å². The van der Waals surface area contributed by atoms with E-state index < -0.39 is 59.3 Å². The van der Waals surface area contributed by atoms with Gasteiger partial charge in [-0.25, -0.2) is 0 Å². The zero-order valence-electron chi connectivity index (χ0n) is 21.8. The quantitative estimate of drug-likeness (QED) is 0.305. The molecule has 2 bridgehead atoms. The predicted octanol–water partition coefficient (Wildman–Crippen LogP) is 0.391. The normalized spacial score (nSPS) is 30.9. The molecule has 2 heterocycles. The molecule has 8 atom stereocenters. The number of nitrogens with one attached hydrogen (secondary N) is 3. The van der Waals surface area contributed by atoms with E-state index in [4.69, 9.17) is 5.73 Å². The number of allylic oxidation sites excluding steroid dienone is 2. The Hall–Kier alpha value is -3.38. The van der Waals surface area contributed by atoms with Crippen LogP contribution in [-0.2, 0) is 24.0 Å². The number of carbonyl (C=O) groups excluding carboxylic acids is 5. The van der Waals surface area contributed by atoms with E-state index in [0.717, 1.165) is 6.42 Å². The van der Waals surface area contributed by atoms with E-state index in [0.29, 0.717) is 13.0 Å². The van der Waals surface area contributed by atoms with Gasteiger partial charge in [-0.15, -0.1) is 6.58 Å². The van der Waals surface area contributed by atoms with Crippen LogP contribution >= 0.6 is 0 Å². The van der Waals surface area contributed by atoms with Gasteiger partial charge in [0.05, 0.1) is 0 Å². The van der Waals surface area contributed by atoms with Crippen molar-refractivity contribution < 1.29 is 37.1 Å². The molecule has 0 aromatic heterocycles. The number of likely N-dealkylation sites (tertiary alicyclic amines) is 1. The summed E-state index contributed by atoms with van der Waals surface area (Å²) in [4.78, 5) is 65.0. The minimum absolute atomic E-state index is 0.0125. The maximum absolute atomic E-state index is 13.9. The smallest absolute Gasteiger partial charge is 0.368 e. The van der Waals surface area contributed by atoms with Crippen LogP contribution in [0.25, 0.3) is 0 Å². The standard InChI is InChI=1S/C26H34F3N5O5/c1-4-25(2,3)19(33-24(39)26(27,28)29)23(38)34-11-15-12-5-6-13(9-12)17(15)18(34)22(37)32-16(20(30)35)10-14-7-8-31-21(14)36/h4-6,12-19H,1,7-11H2,2-3H3,(H2,30,35)(H,31,36)(H,32,37)(H,33,39)/t12-,13+,14+,15-,16+,17+,18+,19-/m1/s1. The Kier molecular flexibility index (Phi) is 7.56. The Labute approximate surface area is 224 Å². The van der Waals surface area contributed by atoms with E-state index in [1.165, 1.54) is 24.8 Å². The number of fused-ring (bicyclic) bond motifs is 5.